The largest absolute Gasteiger partial charge is 0.365 e. The summed E-state index contributed by atoms with van der Waals surface area (Å²) in [6, 6.07) is 15.9. The number of carbonyl (C=O) groups excluding carboxylic acids is 1. The summed E-state index contributed by atoms with van der Waals surface area (Å²) in [5, 5.41) is 4.48. The van der Waals surface area contributed by atoms with Crippen LogP contribution in [0.5, 0.6) is 0 Å². The van der Waals surface area contributed by atoms with Crippen LogP contribution in [0.15, 0.2) is 59.8 Å². The summed E-state index contributed by atoms with van der Waals surface area (Å²) < 4.78 is 0. The van der Waals surface area contributed by atoms with Gasteiger partial charge in [-0.25, -0.2) is 4.79 Å². The molecule has 0 radical (unpaired) electrons. The van der Waals surface area contributed by atoms with Crippen LogP contribution in [0.4, 0.5) is 0 Å². The zero-order chi connectivity index (χ0) is 13.7. The van der Waals surface area contributed by atoms with Crippen molar-refractivity contribution in [3.05, 3.63) is 70.7 Å². The second-order valence-corrected chi connectivity index (χ2v) is 4.36. The molecule has 0 N–H and O–H groups in total. The lowest BCUT2D eigenvalue weighted by Gasteiger charge is -2.01. The molecule has 0 aliphatic carbocycles. The van der Waals surface area contributed by atoms with E-state index in [9.17, 15) is 4.79 Å². The second-order valence-electron chi connectivity index (χ2n) is 3.93. The molecule has 2 aromatic rings. The highest BCUT2D eigenvalue weighted by atomic mass is 35.5. The molecule has 0 aromatic heterocycles. The third-order valence-electron chi connectivity index (χ3n) is 2.54. The molecule has 0 heterocycles. The minimum Gasteiger partial charge on any atom is -0.313 e. The second kappa shape index (κ2) is 6.16. The molecule has 0 saturated heterocycles. The standard InChI is InChI=1S/C15H12ClNO2/c1-11(12-7-9-14(16)10-8-12)17-19-15(18)13-5-3-2-4-6-13/h2-10H,1H3. The number of hydrogen-bond donors (Lipinski definition) is 0. The average Bonchev–Trinajstić information content (AvgIpc) is 2.46. The zero-order valence-corrected chi connectivity index (χ0v) is 11.1. The first-order chi connectivity index (χ1) is 9.16. The number of benzene rings is 2. The molecule has 0 aliphatic rings. The first-order valence-corrected chi connectivity index (χ1v) is 6.11. The molecule has 0 bridgehead atoms. The molecule has 0 atom stereocenters. The van der Waals surface area contributed by atoms with Crippen LogP contribution in [0, 0.1) is 0 Å². The summed E-state index contributed by atoms with van der Waals surface area (Å²) in [5.41, 5.74) is 1.93. The van der Waals surface area contributed by atoms with E-state index in [2.05, 4.69) is 5.16 Å². The van der Waals surface area contributed by atoms with Gasteiger partial charge >= 0.3 is 5.97 Å². The van der Waals surface area contributed by atoms with Crippen molar-refractivity contribution in [1.29, 1.82) is 0 Å². The van der Waals surface area contributed by atoms with E-state index in [0.29, 0.717) is 16.3 Å². The third-order valence-corrected chi connectivity index (χ3v) is 2.79. The van der Waals surface area contributed by atoms with Gasteiger partial charge in [0.2, 0.25) is 0 Å². The lowest BCUT2D eigenvalue weighted by atomic mass is 10.1. The van der Waals surface area contributed by atoms with E-state index in [1.54, 1.807) is 43.3 Å². The van der Waals surface area contributed by atoms with Crippen molar-refractivity contribution >= 4 is 23.3 Å². The van der Waals surface area contributed by atoms with Crippen LogP contribution in [0.2, 0.25) is 5.02 Å². The Bertz CT molecular complexity index is 591. The van der Waals surface area contributed by atoms with Crippen molar-refractivity contribution in [2.75, 3.05) is 0 Å². The van der Waals surface area contributed by atoms with Crippen molar-refractivity contribution in [3.8, 4) is 0 Å². The molecule has 3 nitrogen and oxygen atoms in total. The summed E-state index contributed by atoms with van der Waals surface area (Å²) >= 11 is 5.80. The maximum Gasteiger partial charge on any atom is 0.365 e. The van der Waals surface area contributed by atoms with Crippen LogP contribution in [0.1, 0.15) is 22.8 Å². The summed E-state index contributed by atoms with van der Waals surface area (Å²) in [6.45, 7) is 1.77. The molecule has 96 valence electrons. The fraction of sp³-hybridized carbons (Fsp3) is 0.0667. The normalized spacial score (nSPS) is 11.2. The van der Waals surface area contributed by atoms with Crippen LogP contribution in [0.25, 0.3) is 0 Å². The smallest absolute Gasteiger partial charge is 0.313 e. The van der Waals surface area contributed by atoms with E-state index in [1.807, 2.05) is 18.2 Å². The van der Waals surface area contributed by atoms with Crippen molar-refractivity contribution < 1.29 is 9.63 Å². The predicted molar refractivity (Wildman–Crippen MR) is 75.5 cm³/mol. The van der Waals surface area contributed by atoms with Crippen molar-refractivity contribution in [1.82, 2.24) is 0 Å². The zero-order valence-electron chi connectivity index (χ0n) is 10.3. The maximum absolute atomic E-state index is 11.7. The topological polar surface area (TPSA) is 38.7 Å². The van der Waals surface area contributed by atoms with Crippen LogP contribution in [-0.4, -0.2) is 11.7 Å². The van der Waals surface area contributed by atoms with E-state index >= 15 is 0 Å². The molecule has 0 saturated carbocycles. The lowest BCUT2D eigenvalue weighted by Crippen LogP contribution is -2.03. The molecule has 2 aromatic carbocycles. The summed E-state index contributed by atoms with van der Waals surface area (Å²) in [6.07, 6.45) is 0. The highest BCUT2D eigenvalue weighted by Gasteiger charge is 2.06. The highest BCUT2D eigenvalue weighted by Crippen LogP contribution is 2.10. The average molecular weight is 274 g/mol. The highest BCUT2D eigenvalue weighted by molar-refractivity contribution is 6.30. The van der Waals surface area contributed by atoms with Crippen molar-refractivity contribution in [3.63, 3.8) is 0 Å². The monoisotopic (exact) mass is 273 g/mol. The van der Waals surface area contributed by atoms with Gasteiger partial charge in [-0.2, -0.15) is 0 Å². The van der Waals surface area contributed by atoms with E-state index in [1.165, 1.54) is 0 Å². The molecule has 0 fully saturated rings. The minimum absolute atomic E-state index is 0.468. The fourth-order valence-electron chi connectivity index (χ4n) is 1.48. The van der Waals surface area contributed by atoms with Gasteiger partial charge in [0, 0.05) is 5.02 Å². The van der Waals surface area contributed by atoms with E-state index in [4.69, 9.17) is 16.4 Å². The Labute approximate surface area is 116 Å². The first kappa shape index (κ1) is 13.3. The molecule has 0 spiro atoms. The number of nitrogens with zero attached hydrogens (tertiary/aromatic N) is 1. The van der Waals surface area contributed by atoms with Crippen molar-refractivity contribution in [2.45, 2.75) is 6.92 Å². The van der Waals surface area contributed by atoms with Crippen LogP contribution in [0.3, 0.4) is 0 Å². The first-order valence-electron chi connectivity index (χ1n) is 5.74. The van der Waals surface area contributed by atoms with Crippen LogP contribution in [-0.2, 0) is 4.84 Å². The Hall–Kier alpha value is -2.13. The van der Waals surface area contributed by atoms with E-state index in [0.717, 1.165) is 5.56 Å². The van der Waals surface area contributed by atoms with Gasteiger partial charge in [0.15, 0.2) is 0 Å². The van der Waals surface area contributed by atoms with Gasteiger partial charge in [-0.1, -0.05) is 47.1 Å². The molecule has 19 heavy (non-hydrogen) atoms. The summed E-state index contributed by atoms with van der Waals surface area (Å²) in [7, 11) is 0. The molecule has 0 aliphatic heterocycles. The summed E-state index contributed by atoms with van der Waals surface area (Å²) in [5.74, 6) is -0.478. The fourth-order valence-corrected chi connectivity index (χ4v) is 1.61. The van der Waals surface area contributed by atoms with Gasteiger partial charge in [0.1, 0.15) is 0 Å². The SMILES string of the molecule is CC(=NOC(=O)c1ccccc1)c1ccc(Cl)cc1. The number of rotatable bonds is 3. The Morgan fingerprint density at radius 1 is 1.00 bits per heavy atom. The van der Waals surface area contributed by atoms with Crippen LogP contribution < -0.4 is 0 Å². The molecule has 4 heteroatoms. The maximum atomic E-state index is 11.7. The van der Waals surface area contributed by atoms with E-state index in [-0.39, 0.29) is 0 Å². The molecule has 0 unspecified atom stereocenters. The Kier molecular flexibility index (Phi) is 4.31. The Balaban J connectivity index is 2.06. The lowest BCUT2D eigenvalue weighted by molar-refractivity contribution is 0.0516. The Morgan fingerprint density at radius 2 is 1.63 bits per heavy atom. The van der Waals surface area contributed by atoms with Gasteiger partial charge in [0.05, 0.1) is 11.3 Å². The van der Waals surface area contributed by atoms with Gasteiger partial charge in [-0.3, -0.25) is 0 Å². The number of oxime groups is 1. The van der Waals surface area contributed by atoms with Gasteiger partial charge in [0.25, 0.3) is 0 Å². The predicted octanol–water partition coefficient (Wildman–Crippen LogP) is 3.92. The van der Waals surface area contributed by atoms with Crippen molar-refractivity contribution in [2.24, 2.45) is 5.16 Å². The number of halogens is 1. The molecule has 0 amide bonds. The third kappa shape index (κ3) is 3.66. The molecule has 2 rings (SSSR count). The number of hydrogen-bond acceptors (Lipinski definition) is 3. The Morgan fingerprint density at radius 3 is 2.26 bits per heavy atom. The summed E-state index contributed by atoms with van der Waals surface area (Å²) in [4.78, 5) is 16.6. The quantitative estimate of drug-likeness (QED) is 0.483. The van der Waals surface area contributed by atoms with Gasteiger partial charge in [-0.15, -0.1) is 0 Å². The van der Waals surface area contributed by atoms with Gasteiger partial charge < -0.3 is 4.84 Å². The molecular weight excluding hydrogens is 262 g/mol. The van der Waals surface area contributed by atoms with Crippen LogP contribution >= 0.6 is 11.6 Å². The minimum atomic E-state index is -0.478. The van der Waals surface area contributed by atoms with E-state index < -0.39 is 5.97 Å². The molecular formula is C15H12ClNO2. The number of carbonyl (C=O) groups is 1. The van der Waals surface area contributed by atoms with Gasteiger partial charge in [-0.05, 0) is 36.8 Å².